The highest BCUT2D eigenvalue weighted by Gasteiger charge is 2.16. The summed E-state index contributed by atoms with van der Waals surface area (Å²) in [5.74, 6) is 0.826. The van der Waals surface area contributed by atoms with Crippen LogP contribution in [0.4, 0.5) is 5.95 Å². The van der Waals surface area contributed by atoms with Crippen molar-refractivity contribution in [3.8, 4) is 0 Å². The topological polar surface area (TPSA) is 55.0 Å². The maximum Gasteiger partial charge on any atom is 0.225 e. The van der Waals surface area contributed by atoms with E-state index in [0.29, 0.717) is 6.54 Å². The maximum absolute atomic E-state index is 5.67. The number of hydrogen-bond acceptors (Lipinski definition) is 4. The molecule has 0 saturated carbocycles. The van der Waals surface area contributed by atoms with Crippen LogP contribution in [0.1, 0.15) is 22.4 Å². The number of aryl methyl sites for hydroxylation is 1. The molecule has 0 bridgehead atoms. The van der Waals surface area contributed by atoms with Gasteiger partial charge in [0, 0.05) is 37.1 Å². The van der Waals surface area contributed by atoms with Gasteiger partial charge in [0.25, 0.3) is 0 Å². The molecule has 1 aliphatic rings. The molecule has 2 heterocycles. The molecule has 20 heavy (non-hydrogen) atoms. The van der Waals surface area contributed by atoms with Crippen molar-refractivity contribution in [2.45, 2.75) is 26.3 Å². The maximum atomic E-state index is 5.67. The van der Waals surface area contributed by atoms with Gasteiger partial charge in [-0.05, 0) is 30.9 Å². The molecule has 2 aromatic rings. The number of nitrogens with zero attached hydrogens (tertiary/aromatic N) is 3. The Bertz CT molecular complexity index is 582. The van der Waals surface area contributed by atoms with Gasteiger partial charge in [-0.25, -0.2) is 9.97 Å². The molecule has 0 aliphatic carbocycles. The Morgan fingerprint density at radius 3 is 2.35 bits per heavy atom. The number of hydrogen-bond donors (Lipinski definition) is 1. The van der Waals surface area contributed by atoms with E-state index in [0.717, 1.165) is 43.1 Å². The molecular formula is C16H20N4. The highest BCUT2D eigenvalue weighted by molar-refractivity contribution is 5.37. The van der Waals surface area contributed by atoms with Crippen molar-refractivity contribution in [3.05, 3.63) is 52.8 Å². The number of nitrogens with two attached hydrogens (primary N) is 1. The fourth-order valence-electron chi connectivity index (χ4n) is 2.70. The van der Waals surface area contributed by atoms with Gasteiger partial charge < -0.3 is 10.6 Å². The number of anilines is 1. The molecule has 0 atom stereocenters. The molecule has 0 unspecified atom stereocenters. The highest BCUT2D eigenvalue weighted by Crippen LogP contribution is 2.19. The summed E-state index contributed by atoms with van der Waals surface area (Å²) in [6.45, 7) is 4.44. The summed E-state index contributed by atoms with van der Waals surface area (Å²) in [6.07, 6.45) is 3.96. The van der Waals surface area contributed by atoms with E-state index in [2.05, 4.69) is 39.1 Å². The molecule has 0 saturated heterocycles. The first-order valence-electron chi connectivity index (χ1n) is 7.12. The average Bonchev–Trinajstić information content (AvgIpc) is 2.70. The normalized spacial score (nSPS) is 14.8. The van der Waals surface area contributed by atoms with Gasteiger partial charge in [0.05, 0.1) is 0 Å². The van der Waals surface area contributed by atoms with Crippen molar-refractivity contribution in [1.82, 2.24) is 9.97 Å². The zero-order chi connectivity index (χ0) is 13.9. The zero-order valence-corrected chi connectivity index (χ0v) is 11.8. The third-order valence-electron chi connectivity index (χ3n) is 3.99. The van der Waals surface area contributed by atoms with Gasteiger partial charge in [0.2, 0.25) is 5.95 Å². The SMILES string of the molecule is Cc1nc(N2CCc3ccccc3CC2)ncc1CN. The second-order valence-electron chi connectivity index (χ2n) is 5.24. The first-order chi connectivity index (χ1) is 9.78. The molecule has 0 radical (unpaired) electrons. The fourth-order valence-corrected chi connectivity index (χ4v) is 2.70. The van der Waals surface area contributed by atoms with Crippen LogP contribution in [-0.2, 0) is 19.4 Å². The van der Waals surface area contributed by atoms with E-state index in [-0.39, 0.29) is 0 Å². The van der Waals surface area contributed by atoms with Gasteiger partial charge in [-0.15, -0.1) is 0 Å². The Morgan fingerprint density at radius 2 is 1.80 bits per heavy atom. The van der Waals surface area contributed by atoms with Crippen LogP contribution in [0.5, 0.6) is 0 Å². The second-order valence-corrected chi connectivity index (χ2v) is 5.24. The van der Waals surface area contributed by atoms with Crippen LogP contribution < -0.4 is 10.6 Å². The first-order valence-corrected chi connectivity index (χ1v) is 7.12. The quantitative estimate of drug-likeness (QED) is 0.903. The van der Waals surface area contributed by atoms with Crippen LogP contribution in [0.2, 0.25) is 0 Å². The molecule has 1 aliphatic heterocycles. The molecule has 2 N–H and O–H groups in total. The summed E-state index contributed by atoms with van der Waals surface area (Å²) < 4.78 is 0. The summed E-state index contributed by atoms with van der Waals surface area (Å²) in [5, 5.41) is 0. The van der Waals surface area contributed by atoms with Crippen LogP contribution in [0, 0.1) is 6.92 Å². The predicted octanol–water partition coefficient (Wildman–Crippen LogP) is 1.85. The molecule has 1 aromatic heterocycles. The second kappa shape index (κ2) is 5.59. The van der Waals surface area contributed by atoms with Gasteiger partial charge in [-0.3, -0.25) is 0 Å². The standard InChI is InChI=1S/C16H20N4/c1-12-15(10-17)11-18-16(19-12)20-8-6-13-4-2-3-5-14(13)7-9-20/h2-5,11H,6-10,17H2,1H3. The van der Waals surface area contributed by atoms with Crippen molar-refractivity contribution in [2.75, 3.05) is 18.0 Å². The minimum absolute atomic E-state index is 0.498. The summed E-state index contributed by atoms with van der Waals surface area (Å²) in [4.78, 5) is 11.4. The Hall–Kier alpha value is -1.94. The van der Waals surface area contributed by atoms with E-state index in [1.54, 1.807) is 0 Å². The van der Waals surface area contributed by atoms with Crippen molar-refractivity contribution in [3.63, 3.8) is 0 Å². The molecule has 0 amide bonds. The molecule has 0 fully saturated rings. The minimum Gasteiger partial charge on any atom is -0.340 e. The number of benzene rings is 1. The van der Waals surface area contributed by atoms with E-state index in [4.69, 9.17) is 5.73 Å². The Kier molecular flexibility index (Phi) is 3.65. The van der Waals surface area contributed by atoms with E-state index < -0.39 is 0 Å². The zero-order valence-electron chi connectivity index (χ0n) is 11.8. The van der Waals surface area contributed by atoms with Crippen LogP contribution >= 0.6 is 0 Å². The van der Waals surface area contributed by atoms with Gasteiger partial charge in [-0.1, -0.05) is 24.3 Å². The molecule has 0 spiro atoms. The number of rotatable bonds is 2. The van der Waals surface area contributed by atoms with E-state index >= 15 is 0 Å². The van der Waals surface area contributed by atoms with Gasteiger partial charge in [0.1, 0.15) is 0 Å². The third-order valence-corrected chi connectivity index (χ3v) is 3.99. The third kappa shape index (κ3) is 2.51. The minimum atomic E-state index is 0.498. The monoisotopic (exact) mass is 268 g/mol. The summed E-state index contributed by atoms with van der Waals surface area (Å²) in [7, 11) is 0. The molecule has 3 rings (SSSR count). The lowest BCUT2D eigenvalue weighted by Crippen LogP contribution is -2.28. The summed E-state index contributed by atoms with van der Waals surface area (Å²) in [6, 6.07) is 8.68. The lowest BCUT2D eigenvalue weighted by molar-refractivity contribution is 0.765. The van der Waals surface area contributed by atoms with Crippen molar-refractivity contribution in [2.24, 2.45) is 5.73 Å². The van der Waals surface area contributed by atoms with E-state index in [1.807, 2.05) is 13.1 Å². The van der Waals surface area contributed by atoms with Gasteiger partial charge >= 0.3 is 0 Å². The fraction of sp³-hybridized carbons (Fsp3) is 0.375. The van der Waals surface area contributed by atoms with E-state index in [9.17, 15) is 0 Å². The van der Waals surface area contributed by atoms with E-state index in [1.165, 1.54) is 11.1 Å². The molecule has 4 heteroatoms. The van der Waals surface area contributed by atoms with Crippen LogP contribution in [-0.4, -0.2) is 23.1 Å². The smallest absolute Gasteiger partial charge is 0.225 e. The van der Waals surface area contributed by atoms with Crippen molar-refractivity contribution >= 4 is 5.95 Å². The van der Waals surface area contributed by atoms with Crippen LogP contribution in [0.25, 0.3) is 0 Å². The summed E-state index contributed by atoms with van der Waals surface area (Å²) >= 11 is 0. The lowest BCUT2D eigenvalue weighted by Gasteiger charge is -2.20. The molecule has 4 nitrogen and oxygen atoms in total. The average molecular weight is 268 g/mol. The van der Waals surface area contributed by atoms with Crippen molar-refractivity contribution < 1.29 is 0 Å². The van der Waals surface area contributed by atoms with Gasteiger partial charge in [0.15, 0.2) is 0 Å². The largest absolute Gasteiger partial charge is 0.340 e. The lowest BCUT2D eigenvalue weighted by atomic mass is 10.0. The number of fused-ring (bicyclic) bond motifs is 1. The first kappa shape index (κ1) is 13.1. The molecule has 104 valence electrons. The molecular weight excluding hydrogens is 248 g/mol. The van der Waals surface area contributed by atoms with Crippen LogP contribution in [0.3, 0.4) is 0 Å². The predicted molar refractivity (Wildman–Crippen MR) is 80.7 cm³/mol. The summed E-state index contributed by atoms with van der Waals surface area (Å²) in [5.41, 5.74) is 10.6. The Morgan fingerprint density at radius 1 is 1.15 bits per heavy atom. The molecule has 1 aromatic carbocycles. The Labute approximate surface area is 119 Å². The van der Waals surface area contributed by atoms with Crippen molar-refractivity contribution in [1.29, 1.82) is 0 Å². The highest BCUT2D eigenvalue weighted by atomic mass is 15.2. The van der Waals surface area contributed by atoms with Gasteiger partial charge in [-0.2, -0.15) is 0 Å². The number of aromatic nitrogens is 2. The van der Waals surface area contributed by atoms with Crippen LogP contribution in [0.15, 0.2) is 30.5 Å². The Balaban J connectivity index is 1.81.